The van der Waals surface area contributed by atoms with E-state index in [1.54, 1.807) is 0 Å². The molecule has 0 aromatic heterocycles. The molecule has 8 heteroatoms. The summed E-state index contributed by atoms with van der Waals surface area (Å²) in [5.41, 5.74) is 6.84. The maximum absolute atomic E-state index is 12.6. The van der Waals surface area contributed by atoms with Crippen LogP contribution in [-0.2, 0) is 16.0 Å². The zero-order valence-corrected chi connectivity index (χ0v) is 12.2. The van der Waals surface area contributed by atoms with E-state index in [-0.39, 0.29) is 36.3 Å². The second kappa shape index (κ2) is 5.47. The van der Waals surface area contributed by atoms with Gasteiger partial charge in [-0.15, -0.1) is 0 Å². The molecular weight excluding hydrogens is 302 g/mol. The van der Waals surface area contributed by atoms with Gasteiger partial charge in [-0.05, 0) is 30.5 Å². The molecule has 1 fully saturated rings. The normalized spacial score (nSPS) is 20.7. The van der Waals surface area contributed by atoms with E-state index in [0.29, 0.717) is 12.0 Å². The van der Waals surface area contributed by atoms with Gasteiger partial charge in [0.2, 0.25) is 11.8 Å². The van der Waals surface area contributed by atoms with Crippen molar-refractivity contribution in [3.8, 4) is 0 Å². The molecule has 1 saturated heterocycles. The first kappa shape index (κ1) is 15.2. The number of rotatable bonds is 3. The molecule has 1 atom stereocenters. The molecule has 4 N–H and O–H groups in total. The number of nitrogens with two attached hydrogens (primary N) is 1. The third-order valence-electron chi connectivity index (χ3n) is 4.03. The number of aliphatic hydroxyl groups excluding tert-OH is 1. The van der Waals surface area contributed by atoms with Crippen LogP contribution in [0.2, 0.25) is 0 Å². The number of aliphatic hydroxyl groups is 1. The minimum Gasteiger partial charge on any atom is -0.398 e. The van der Waals surface area contributed by atoms with Gasteiger partial charge in [-0.1, -0.05) is 0 Å². The Morgan fingerprint density at radius 2 is 1.96 bits per heavy atom. The van der Waals surface area contributed by atoms with E-state index < -0.39 is 29.7 Å². The smallest absolute Gasteiger partial charge is 0.264 e. The highest BCUT2D eigenvalue weighted by atomic mass is 16.3. The van der Waals surface area contributed by atoms with Crippen LogP contribution in [0.4, 0.5) is 5.69 Å². The van der Waals surface area contributed by atoms with Crippen molar-refractivity contribution in [2.75, 3.05) is 12.3 Å². The number of benzene rings is 1. The van der Waals surface area contributed by atoms with E-state index in [9.17, 15) is 19.2 Å². The van der Waals surface area contributed by atoms with Gasteiger partial charge in [-0.25, -0.2) is 0 Å². The van der Waals surface area contributed by atoms with Gasteiger partial charge in [0.1, 0.15) is 6.04 Å². The maximum atomic E-state index is 12.6. The van der Waals surface area contributed by atoms with E-state index in [2.05, 4.69) is 5.32 Å². The van der Waals surface area contributed by atoms with Crippen molar-refractivity contribution in [2.24, 2.45) is 0 Å². The molecule has 2 aliphatic rings. The van der Waals surface area contributed by atoms with Gasteiger partial charge in [0.15, 0.2) is 0 Å². The van der Waals surface area contributed by atoms with E-state index in [1.807, 2.05) is 0 Å². The molecule has 1 unspecified atom stereocenters. The Kier molecular flexibility index (Phi) is 3.61. The first-order valence-corrected chi connectivity index (χ1v) is 7.19. The Labute approximate surface area is 131 Å². The molecule has 0 bridgehead atoms. The van der Waals surface area contributed by atoms with E-state index in [4.69, 9.17) is 10.8 Å². The van der Waals surface area contributed by atoms with Crippen LogP contribution in [0, 0.1) is 0 Å². The Morgan fingerprint density at radius 3 is 2.61 bits per heavy atom. The lowest BCUT2D eigenvalue weighted by atomic mass is 10.0. The average molecular weight is 317 g/mol. The SMILES string of the molecule is Nc1cc(CCO)cc2c1C(=O)N(C1CCC(=O)NC1=O)C2=O. The number of amides is 4. The number of anilines is 1. The summed E-state index contributed by atoms with van der Waals surface area (Å²) in [6.07, 6.45) is 0.464. The zero-order valence-electron chi connectivity index (χ0n) is 12.2. The third kappa shape index (κ3) is 2.36. The summed E-state index contributed by atoms with van der Waals surface area (Å²) in [7, 11) is 0. The zero-order chi connectivity index (χ0) is 16.7. The fourth-order valence-electron chi connectivity index (χ4n) is 2.96. The lowest BCUT2D eigenvalue weighted by Crippen LogP contribution is -2.54. The monoisotopic (exact) mass is 317 g/mol. The van der Waals surface area contributed by atoms with Gasteiger partial charge in [-0.3, -0.25) is 29.4 Å². The Balaban J connectivity index is 1.99. The van der Waals surface area contributed by atoms with Crippen LogP contribution >= 0.6 is 0 Å². The quantitative estimate of drug-likeness (QED) is 0.494. The summed E-state index contributed by atoms with van der Waals surface area (Å²) in [5.74, 6) is -2.32. The molecule has 2 heterocycles. The van der Waals surface area contributed by atoms with Crippen LogP contribution < -0.4 is 11.1 Å². The van der Waals surface area contributed by atoms with Crippen molar-refractivity contribution in [1.82, 2.24) is 10.2 Å². The molecule has 23 heavy (non-hydrogen) atoms. The number of fused-ring (bicyclic) bond motifs is 1. The van der Waals surface area contributed by atoms with Gasteiger partial charge in [-0.2, -0.15) is 0 Å². The number of hydrogen-bond donors (Lipinski definition) is 3. The van der Waals surface area contributed by atoms with Crippen LogP contribution in [0.25, 0.3) is 0 Å². The van der Waals surface area contributed by atoms with E-state index >= 15 is 0 Å². The number of piperidine rings is 1. The Bertz CT molecular complexity index is 743. The predicted octanol–water partition coefficient (Wildman–Crippen LogP) is -0.795. The lowest BCUT2D eigenvalue weighted by Gasteiger charge is -2.27. The molecule has 0 aliphatic carbocycles. The number of carbonyl (C=O) groups is 4. The maximum Gasteiger partial charge on any atom is 0.264 e. The van der Waals surface area contributed by atoms with Gasteiger partial charge >= 0.3 is 0 Å². The minimum atomic E-state index is -1.01. The van der Waals surface area contributed by atoms with Crippen molar-refractivity contribution in [3.05, 3.63) is 28.8 Å². The molecule has 2 aliphatic heterocycles. The van der Waals surface area contributed by atoms with Crippen molar-refractivity contribution < 1.29 is 24.3 Å². The summed E-state index contributed by atoms with van der Waals surface area (Å²) in [5, 5.41) is 11.1. The number of nitrogen functional groups attached to an aromatic ring is 1. The number of nitrogens with one attached hydrogen (secondary N) is 1. The molecule has 8 nitrogen and oxygen atoms in total. The fourth-order valence-corrected chi connectivity index (χ4v) is 2.96. The molecule has 3 rings (SSSR count). The second-order valence-electron chi connectivity index (χ2n) is 5.53. The summed E-state index contributed by atoms with van der Waals surface area (Å²) >= 11 is 0. The second-order valence-corrected chi connectivity index (χ2v) is 5.53. The third-order valence-corrected chi connectivity index (χ3v) is 4.03. The average Bonchev–Trinajstić information content (AvgIpc) is 2.72. The number of carbonyl (C=O) groups excluding carboxylic acids is 4. The largest absolute Gasteiger partial charge is 0.398 e. The first-order chi connectivity index (χ1) is 10.9. The summed E-state index contributed by atoms with van der Waals surface area (Å²) < 4.78 is 0. The van der Waals surface area contributed by atoms with E-state index in [0.717, 1.165) is 4.90 Å². The van der Waals surface area contributed by atoms with Crippen LogP contribution in [0.5, 0.6) is 0 Å². The van der Waals surface area contributed by atoms with Crippen LogP contribution in [0.15, 0.2) is 12.1 Å². The van der Waals surface area contributed by atoms with Crippen molar-refractivity contribution in [1.29, 1.82) is 0 Å². The molecular formula is C15H15N3O5. The molecule has 120 valence electrons. The molecule has 0 saturated carbocycles. The predicted molar refractivity (Wildman–Crippen MR) is 78.3 cm³/mol. The van der Waals surface area contributed by atoms with Gasteiger partial charge in [0.25, 0.3) is 11.8 Å². The number of imide groups is 2. The topological polar surface area (TPSA) is 130 Å². The molecule has 1 aromatic carbocycles. The van der Waals surface area contributed by atoms with Gasteiger partial charge < -0.3 is 10.8 Å². The molecule has 1 aromatic rings. The minimum absolute atomic E-state index is 0.0645. The van der Waals surface area contributed by atoms with Crippen molar-refractivity contribution in [3.63, 3.8) is 0 Å². The highest BCUT2D eigenvalue weighted by Gasteiger charge is 2.45. The summed E-state index contributed by atoms with van der Waals surface area (Å²) in [6.45, 7) is -0.114. The summed E-state index contributed by atoms with van der Waals surface area (Å²) in [4.78, 5) is 49.1. The van der Waals surface area contributed by atoms with Gasteiger partial charge in [0.05, 0.1) is 11.1 Å². The summed E-state index contributed by atoms with van der Waals surface area (Å²) in [6, 6.07) is 2.03. The molecule has 4 amide bonds. The number of hydrogen-bond acceptors (Lipinski definition) is 6. The highest BCUT2D eigenvalue weighted by molar-refractivity contribution is 6.25. The van der Waals surface area contributed by atoms with Crippen molar-refractivity contribution >= 4 is 29.3 Å². The van der Waals surface area contributed by atoms with E-state index in [1.165, 1.54) is 12.1 Å². The molecule has 0 radical (unpaired) electrons. The van der Waals surface area contributed by atoms with Crippen LogP contribution in [0.3, 0.4) is 0 Å². The van der Waals surface area contributed by atoms with Crippen LogP contribution in [-0.4, -0.2) is 46.3 Å². The molecule has 0 spiro atoms. The number of nitrogens with zero attached hydrogens (tertiary/aromatic N) is 1. The fraction of sp³-hybridized carbons (Fsp3) is 0.333. The lowest BCUT2D eigenvalue weighted by molar-refractivity contribution is -0.136. The van der Waals surface area contributed by atoms with Crippen molar-refractivity contribution in [2.45, 2.75) is 25.3 Å². The van der Waals surface area contributed by atoms with Gasteiger partial charge in [0, 0.05) is 18.7 Å². The highest BCUT2D eigenvalue weighted by Crippen LogP contribution is 2.32. The first-order valence-electron chi connectivity index (χ1n) is 7.19. The van der Waals surface area contributed by atoms with Crippen LogP contribution in [0.1, 0.15) is 39.1 Å². The Morgan fingerprint density at radius 1 is 1.22 bits per heavy atom. The Hall–Kier alpha value is -2.74. The standard InChI is InChI=1S/C15H15N3O5/c16-9-6-7(3-4-19)5-8-12(9)15(23)18(14(8)22)10-1-2-11(20)17-13(10)21/h5-6,10,19H,1-4,16H2,(H,17,20,21).